The molecule has 0 saturated heterocycles. The molecule has 18 heavy (non-hydrogen) atoms. The molecule has 6 heteroatoms. The van der Waals surface area contributed by atoms with Crippen LogP contribution in [0.1, 0.15) is 12.8 Å². The average Bonchev–Trinajstić information content (AvgIpc) is 3.14. The topological polar surface area (TPSA) is 84.6 Å². The van der Waals surface area contributed by atoms with Crippen LogP contribution in [0.15, 0.2) is 18.2 Å². The third-order valence-corrected chi connectivity index (χ3v) is 3.06. The van der Waals surface area contributed by atoms with E-state index in [0.29, 0.717) is 18.2 Å². The van der Waals surface area contributed by atoms with E-state index in [2.05, 4.69) is 5.32 Å². The van der Waals surface area contributed by atoms with Crippen LogP contribution >= 0.6 is 0 Å². The van der Waals surface area contributed by atoms with Crippen LogP contribution in [-0.2, 0) is 4.74 Å². The number of anilines is 1. The number of benzene rings is 1. The van der Waals surface area contributed by atoms with Gasteiger partial charge in [0.1, 0.15) is 11.4 Å². The highest BCUT2D eigenvalue weighted by Gasteiger charge is 2.32. The quantitative estimate of drug-likeness (QED) is 0.460. The number of aromatic hydroxyl groups is 1. The lowest BCUT2D eigenvalue weighted by Gasteiger charge is -2.18. The number of hydrogen-bond acceptors (Lipinski definition) is 5. The van der Waals surface area contributed by atoms with Crippen molar-refractivity contribution in [2.45, 2.75) is 18.9 Å². The highest BCUT2D eigenvalue weighted by atomic mass is 16.6. The van der Waals surface area contributed by atoms with Gasteiger partial charge in [-0.25, -0.2) is 0 Å². The second kappa shape index (κ2) is 5.22. The molecular formula is C12H16N2O4. The maximum absolute atomic E-state index is 10.9. The van der Waals surface area contributed by atoms with E-state index < -0.39 is 4.92 Å². The summed E-state index contributed by atoms with van der Waals surface area (Å²) in [6.45, 7) is 0.517. The minimum absolute atomic E-state index is 0.0817. The van der Waals surface area contributed by atoms with Gasteiger partial charge in [0.15, 0.2) is 0 Å². The molecule has 6 nitrogen and oxygen atoms in total. The van der Waals surface area contributed by atoms with Gasteiger partial charge in [-0.2, -0.15) is 0 Å². The van der Waals surface area contributed by atoms with Crippen LogP contribution in [0.4, 0.5) is 11.4 Å². The second-order valence-electron chi connectivity index (χ2n) is 4.50. The van der Waals surface area contributed by atoms with Gasteiger partial charge in [-0.15, -0.1) is 0 Å². The molecule has 0 aliphatic heterocycles. The molecule has 0 amide bonds. The van der Waals surface area contributed by atoms with Crippen LogP contribution in [0.5, 0.6) is 5.75 Å². The number of phenolic OH excluding ortho intramolecular Hbond substituents is 1. The van der Waals surface area contributed by atoms with Crippen molar-refractivity contribution in [3.8, 4) is 5.75 Å². The van der Waals surface area contributed by atoms with Gasteiger partial charge in [-0.1, -0.05) is 0 Å². The highest BCUT2D eigenvalue weighted by molar-refractivity contribution is 5.64. The minimum atomic E-state index is -0.501. The fraction of sp³-hybridized carbons (Fsp3) is 0.500. The summed E-state index contributed by atoms with van der Waals surface area (Å²) in [4.78, 5) is 10.4. The molecule has 2 N–H and O–H groups in total. The highest BCUT2D eigenvalue weighted by Crippen LogP contribution is 2.36. The summed E-state index contributed by atoms with van der Waals surface area (Å²) < 4.78 is 5.12. The maximum atomic E-state index is 10.9. The molecular weight excluding hydrogens is 236 g/mol. The van der Waals surface area contributed by atoms with Crippen LogP contribution in [0.2, 0.25) is 0 Å². The Balaban J connectivity index is 2.18. The van der Waals surface area contributed by atoms with Gasteiger partial charge in [0.25, 0.3) is 5.69 Å². The van der Waals surface area contributed by atoms with Crippen molar-refractivity contribution in [1.29, 1.82) is 0 Å². The molecule has 1 aliphatic rings. The molecule has 1 aromatic rings. The largest absolute Gasteiger partial charge is 0.508 e. The molecule has 0 radical (unpaired) electrons. The average molecular weight is 252 g/mol. The number of nitro benzene ring substituents is 1. The van der Waals surface area contributed by atoms with E-state index in [0.717, 1.165) is 18.9 Å². The first kappa shape index (κ1) is 12.6. The summed E-state index contributed by atoms with van der Waals surface area (Å²) in [5, 5.41) is 23.4. The van der Waals surface area contributed by atoms with Gasteiger partial charge in [-0.3, -0.25) is 10.1 Å². The van der Waals surface area contributed by atoms with Crippen molar-refractivity contribution in [3.05, 3.63) is 28.3 Å². The van der Waals surface area contributed by atoms with Crippen molar-refractivity contribution in [2.75, 3.05) is 19.0 Å². The predicted molar refractivity (Wildman–Crippen MR) is 66.8 cm³/mol. The zero-order chi connectivity index (χ0) is 13.1. The summed E-state index contributed by atoms with van der Waals surface area (Å²) >= 11 is 0. The van der Waals surface area contributed by atoms with E-state index in [1.165, 1.54) is 12.1 Å². The molecule has 0 spiro atoms. The number of methoxy groups -OCH3 is 1. The molecule has 1 atom stereocenters. The summed E-state index contributed by atoms with van der Waals surface area (Å²) in [7, 11) is 1.61. The van der Waals surface area contributed by atoms with Crippen molar-refractivity contribution in [1.82, 2.24) is 0 Å². The lowest BCUT2D eigenvalue weighted by Crippen LogP contribution is -2.27. The van der Waals surface area contributed by atoms with Gasteiger partial charge in [0.05, 0.1) is 23.6 Å². The van der Waals surface area contributed by atoms with E-state index in [4.69, 9.17) is 4.74 Å². The molecule has 1 unspecified atom stereocenters. The Labute approximate surface area is 105 Å². The molecule has 2 rings (SSSR count). The summed E-state index contributed by atoms with van der Waals surface area (Å²) in [6, 6.07) is 4.20. The Morgan fingerprint density at radius 2 is 2.33 bits per heavy atom. The number of rotatable bonds is 6. The third kappa shape index (κ3) is 2.89. The van der Waals surface area contributed by atoms with Gasteiger partial charge >= 0.3 is 0 Å². The molecule has 0 heterocycles. The number of phenols is 1. The first-order valence-corrected chi connectivity index (χ1v) is 5.84. The molecule has 1 aliphatic carbocycles. The first-order valence-electron chi connectivity index (χ1n) is 5.84. The van der Waals surface area contributed by atoms with Crippen LogP contribution in [0.25, 0.3) is 0 Å². The molecule has 98 valence electrons. The van der Waals surface area contributed by atoms with Crippen LogP contribution in [0.3, 0.4) is 0 Å². The zero-order valence-electron chi connectivity index (χ0n) is 10.1. The summed E-state index contributed by atoms with van der Waals surface area (Å²) in [5.41, 5.74) is 0.309. The monoisotopic (exact) mass is 252 g/mol. The fourth-order valence-corrected chi connectivity index (χ4v) is 1.97. The standard InChI is InChI=1S/C12H16N2O4/c1-18-7-11(8-2-3-8)13-10-5-4-9(15)6-12(10)14(16)17/h4-6,8,11,13,15H,2-3,7H2,1H3. The lowest BCUT2D eigenvalue weighted by atomic mass is 10.1. The number of nitrogens with zero attached hydrogens (tertiary/aromatic N) is 1. The molecule has 0 bridgehead atoms. The number of nitro groups is 1. The second-order valence-corrected chi connectivity index (χ2v) is 4.50. The lowest BCUT2D eigenvalue weighted by molar-refractivity contribution is -0.384. The predicted octanol–water partition coefficient (Wildman–Crippen LogP) is 2.14. The first-order chi connectivity index (χ1) is 8.61. The molecule has 1 saturated carbocycles. The van der Waals surface area contributed by atoms with Crippen molar-refractivity contribution < 1.29 is 14.8 Å². The smallest absolute Gasteiger partial charge is 0.296 e. The van der Waals surface area contributed by atoms with E-state index in [1.54, 1.807) is 7.11 Å². The van der Waals surface area contributed by atoms with Gasteiger partial charge in [0, 0.05) is 7.11 Å². The Morgan fingerprint density at radius 1 is 1.61 bits per heavy atom. The van der Waals surface area contributed by atoms with Crippen molar-refractivity contribution in [3.63, 3.8) is 0 Å². The van der Waals surface area contributed by atoms with Crippen LogP contribution in [0, 0.1) is 16.0 Å². The SMILES string of the molecule is COCC(Nc1ccc(O)cc1[N+](=O)[O-])C1CC1. The van der Waals surface area contributed by atoms with Crippen LogP contribution in [-0.4, -0.2) is 29.8 Å². The van der Waals surface area contributed by atoms with Gasteiger partial charge in [-0.05, 0) is 30.9 Å². The number of ether oxygens (including phenoxy) is 1. The Morgan fingerprint density at radius 3 is 2.89 bits per heavy atom. The van der Waals surface area contributed by atoms with E-state index in [1.807, 2.05) is 0 Å². The molecule has 1 aromatic carbocycles. The summed E-state index contributed by atoms with van der Waals surface area (Å²) in [5.74, 6) is 0.403. The van der Waals surface area contributed by atoms with Gasteiger partial charge < -0.3 is 15.2 Å². The number of nitrogens with one attached hydrogen (secondary N) is 1. The zero-order valence-corrected chi connectivity index (χ0v) is 10.1. The van der Waals surface area contributed by atoms with E-state index in [-0.39, 0.29) is 17.5 Å². The van der Waals surface area contributed by atoms with E-state index >= 15 is 0 Å². The Bertz CT molecular complexity index is 446. The Kier molecular flexibility index (Phi) is 3.66. The molecule has 1 fully saturated rings. The Hall–Kier alpha value is -1.82. The van der Waals surface area contributed by atoms with Crippen molar-refractivity contribution in [2.24, 2.45) is 5.92 Å². The summed E-state index contributed by atoms with van der Waals surface area (Å²) in [6.07, 6.45) is 2.24. The minimum Gasteiger partial charge on any atom is -0.508 e. The van der Waals surface area contributed by atoms with Crippen LogP contribution < -0.4 is 5.32 Å². The normalized spacial score (nSPS) is 16.3. The van der Waals surface area contributed by atoms with E-state index in [9.17, 15) is 15.2 Å². The van der Waals surface area contributed by atoms with Crippen molar-refractivity contribution >= 4 is 11.4 Å². The fourth-order valence-electron chi connectivity index (χ4n) is 1.97. The molecule has 0 aromatic heterocycles. The maximum Gasteiger partial charge on any atom is 0.296 e. The number of hydrogen-bond donors (Lipinski definition) is 2. The third-order valence-electron chi connectivity index (χ3n) is 3.06. The van der Waals surface area contributed by atoms with Gasteiger partial charge in [0.2, 0.25) is 0 Å².